The van der Waals surface area contributed by atoms with Gasteiger partial charge in [-0.2, -0.15) is 13.2 Å². The van der Waals surface area contributed by atoms with Crippen molar-refractivity contribution in [3.63, 3.8) is 0 Å². The maximum absolute atomic E-state index is 13.7. The molecule has 4 aromatic rings. The van der Waals surface area contributed by atoms with Crippen LogP contribution in [0.25, 0.3) is 10.9 Å². The van der Waals surface area contributed by atoms with Crippen molar-refractivity contribution in [1.82, 2.24) is 15.3 Å². The van der Waals surface area contributed by atoms with Crippen LogP contribution in [0.5, 0.6) is 5.75 Å². The summed E-state index contributed by atoms with van der Waals surface area (Å²) in [5, 5.41) is 3.27. The highest BCUT2D eigenvalue weighted by atomic mass is 19.4. The van der Waals surface area contributed by atoms with Crippen molar-refractivity contribution in [3.05, 3.63) is 102 Å². The SMILES string of the molecule is O=C(NC(c1ccc(OC(F)(F)F)cc1)c1ncccc1C(F)(F)F)c1ccc2cccnc2c1. The van der Waals surface area contributed by atoms with Crippen molar-refractivity contribution >= 4 is 16.8 Å². The quantitative estimate of drug-likeness (QED) is 0.345. The van der Waals surface area contributed by atoms with E-state index in [9.17, 15) is 31.1 Å². The first-order valence-corrected chi connectivity index (χ1v) is 10.0. The summed E-state index contributed by atoms with van der Waals surface area (Å²) in [6.07, 6.45) is -7.08. The van der Waals surface area contributed by atoms with Gasteiger partial charge in [-0.1, -0.05) is 24.3 Å². The molecule has 0 saturated carbocycles. The van der Waals surface area contributed by atoms with Gasteiger partial charge in [0.1, 0.15) is 5.75 Å². The summed E-state index contributed by atoms with van der Waals surface area (Å²) in [5.74, 6) is -1.29. The molecule has 1 atom stereocenters. The van der Waals surface area contributed by atoms with Gasteiger partial charge in [-0.05, 0) is 48.0 Å². The molecule has 0 aliphatic rings. The second kappa shape index (κ2) is 9.24. The van der Waals surface area contributed by atoms with Gasteiger partial charge < -0.3 is 10.1 Å². The van der Waals surface area contributed by atoms with Crippen molar-refractivity contribution in [3.8, 4) is 5.75 Å². The minimum absolute atomic E-state index is 0.0657. The third-order valence-electron chi connectivity index (χ3n) is 5.01. The molecule has 11 heteroatoms. The molecule has 0 fully saturated rings. The Morgan fingerprint density at radius 1 is 0.857 bits per heavy atom. The lowest BCUT2D eigenvalue weighted by Crippen LogP contribution is -2.31. The molecule has 0 aliphatic heterocycles. The Morgan fingerprint density at radius 2 is 1.54 bits per heavy atom. The Kier molecular flexibility index (Phi) is 6.33. The number of carbonyl (C=O) groups is 1. The average molecular weight is 491 g/mol. The first kappa shape index (κ1) is 24.0. The Hall–Kier alpha value is -4.15. The minimum Gasteiger partial charge on any atom is -0.406 e. The van der Waals surface area contributed by atoms with Crippen LogP contribution in [0.1, 0.15) is 33.2 Å². The first-order valence-electron chi connectivity index (χ1n) is 10.0. The van der Waals surface area contributed by atoms with Crippen molar-refractivity contribution < 1.29 is 35.9 Å². The summed E-state index contributed by atoms with van der Waals surface area (Å²) in [5.41, 5.74) is -0.921. The molecule has 35 heavy (non-hydrogen) atoms. The zero-order valence-electron chi connectivity index (χ0n) is 17.6. The maximum atomic E-state index is 13.7. The van der Waals surface area contributed by atoms with E-state index < -0.39 is 41.5 Å². The van der Waals surface area contributed by atoms with Crippen LogP contribution in [0.3, 0.4) is 0 Å². The number of amides is 1. The van der Waals surface area contributed by atoms with Gasteiger partial charge in [-0.15, -0.1) is 13.2 Å². The molecule has 180 valence electrons. The lowest BCUT2D eigenvalue weighted by atomic mass is 9.98. The predicted molar refractivity (Wildman–Crippen MR) is 113 cm³/mol. The molecule has 2 aromatic carbocycles. The maximum Gasteiger partial charge on any atom is 0.573 e. The normalized spacial score (nSPS) is 12.9. The molecular weight excluding hydrogens is 476 g/mol. The van der Waals surface area contributed by atoms with Crippen molar-refractivity contribution in [1.29, 1.82) is 0 Å². The Balaban J connectivity index is 1.74. The van der Waals surface area contributed by atoms with Gasteiger partial charge in [-0.25, -0.2) is 0 Å². The molecule has 0 bridgehead atoms. The van der Waals surface area contributed by atoms with Crippen LogP contribution >= 0.6 is 0 Å². The number of halogens is 6. The molecule has 1 N–H and O–H groups in total. The van der Waals surface area contributed by atoms with Gasteiger partial charge in [0.2, 0.25) is 0 Å². The Morgan fingerprint density at radius 3 is 2.23 bits per heavy atom. The molecule has 0 aliphatic carbocycles. The minimum atomic E-state index is -4.94. The fourth-order valence-corrected chi connectivity index (χ4v) is 3.48. The van der Waals surface area contributed by atoms with Crippen LogP contribution in [-0.4, -0.2) is 22.2 Å². The van der Waals surface area contributed by atoms with Crippen LogP contribution < -0.4 is 10.1 Å². The van der Waals surface area contributed by atoms with Crippen molar-refractivity contribution in [2.75, 3.05) is 0 Å². The van der Waals surface area contributed by atoms with E-state index in [0.29, 0.717) is 5.52 Å². The summed E-state index contributed by atoms with van der Waals surface area (Å²) in [7, 11) is 0. The standard InChI is InChI=1S/C24H15F6N3O2/c25-23(26,27)18-4-2-12-32-21(18)20(15-7-9-17(10-8-15)35-24(28,29)30)33-22(34)16-6-5-14-3-1-11-31-19(14)13-16/h1-13,20H,(H,33,34). The number of pyridine rings is 2. The van der Waals surface area contributed by atoms with E-state index in [0.717, 1.165) is 48.0 Å². The monoisotopic (exact) mass is 491 g/mol. The van der Waals surface area contributed by atoms with E-state index in [2.05, 4.69) is 20.0 Å². The van der Waals surface area contributed by atoms with Crippen molar-refractivity contribution in [2.45, 2.75) is 18.6 Å². The molecule has 2 aromatic heterocycles. The summed E-state index contributed by atoms with van der Waals surface area (Å²) < 4.78 is 82.4. The third kappa shape index (κ3) is 5.68. The number of nitrogens with zero attached hydrogens (tertiary/aromatic N) is 2. The number of hydrogen-bond donors (Lipinski definition) is 1. The van der Waals surface area contributed by atoms with Crippen LogP contribution in [0.2, 0.25) is 0 Å². The van der Waals surface area contributed by atoms with Crippen LogP contribution in [0, 0.1) is 0 Å². The predicted octanol–water partition coefficient (Wildman–Crippen LogP) is 6.07. The third-order valence-corrected chi connectivity index (χ3v) is 5.01. The molecule has 2 heterocycles. The number of fused-ring (bicyclic) bond motifs is 1. The fourth-order valence-electron chi connectivity index (χ4n) is 3.48. The van der Waals surface area contributed by atoms with Crippen LogP contribution in [0.15, 0.2) is 79.1 Å². The summed E-state index contributed by atoms with van der Waals surface area (Å²) in [6, 6.07) is 12.7. The number of alkyl halides is 6. The van der Waals surface area contributed by atoms with Crippen molar-refractivity contribution in [2.24, 2.45) is 0 Å². The second-order valence-corrected chi connectivity index (χ2v) is 7.37. The summed E-state index contributed by atoms with van der Waals surface area (Å²) in [4.78, 5) is 21.0. The summed E-state index contributed by atoms with van der Waals surface area (Å²) >= 11 is 0. The summed E-state index contributed by atoms with van der Waals surface area (Å²) in [6.45, 7) is 0. The highest BCUT2D eigenvalue weighted by Crippen LogP contribution is 2.36. The van der Waals surface area contributed by atoms with Gasteiger partial charge in [0, 0.05) is 23.3 Å². The van der Waals surface area contributed by atoms with E-state index in [1.807, 2.05) is 0 Å². The van der Waals surface area contributed by atoms with E-state index >= 15 is 0 Å². The molecule has 1 amide bonds. The largest absolute Gasteiger partial charge is 0.573 e. The Bertz CT molecular complexity index is 1350. The van der Waals surface area contributed by atoms with Gasteiger partial charge in [0.25, 0.3) is 5.91 Å². The zero-order valence-corrected chi connectivity index (χ0v) is 17.6. The number of rotatable bonds is 5. The smallest absolute Gasteiger partial charge is 0.406 e. The fraction of sp³-hybridized carbons (Fsp3) is 0.125. The van der Waals surface area contributed by atoms with Gasteiger partial charge in [0.05, 0.1) is 22.8 Å². The average Bonchev–Trinajstić information content (AvgIpc) is 2.81. The lowest BCUT2D eigenvalue weighted by Gasteiger charge is -2.23. The number of benzene rings is 2. The highest BCUT2D eigenvalue weighted by molar-refractivity contribution is 5.98. The zero-order chi connectivity index (χ0) is 25.2. The molecular formula is C24H15F6N3O2. The first-order chi connectivity index (χ1) is 16.5. The molecule has 0 saturated heterocycles. The van der Waals surface area contributed by atoms with E-state index in [1.54, 1.807) is 18.2 Å². The second-order valence-electron chi connectivity index (χ2n) is 7.37. The Labute approximate surface area is 194 Å². The molecule has 5 nitrogen and oxygen atoms in total. The number of aromatic nitrogens is 2. The van der Waals surface area contributed by atoms with Gasteiger partial charge >= 0.3 is 12.5 Å². The number of carbonyl (C=O) groups excluding carboxylic acids is 1. The van der Waals surface area contributed by atoms with E-state index in [1.165, 1.54) is 18.3 Å². The molecule has 0 spiro atoms. The van der Waals surface area contributed by atoms with Crippen LogP contribution in [0.4, 0.5) is 26.3 Å². The van der Waals surface area contributed by atoms with Crippen LogP contribution in [-0.2, 0) is 6.18 Å². The lowest BCUT2D eigenvalue weighted by molar-refractivity contribution is -0.274. The number of hydrogen-bond acceptors (Lipinski definition) is 4. The molecule has 4 rings (SSSR count). The highest BCUT2D eigenvalue weighted by Gasteiger charge is 2.37. The van der Waals surface area contributed by atoms with Gasteiger partial charge in [0.15, 0.2) is 0 Å². The van der Waals surface area contributed by atoms with E-state index in [4.69, 9.17) is 0 Å². The number of nitrogens with one attached hydrogen (secondary N) is 1. The van der Waals surface area contributed by atoms with E-state index in [-0.39, 0.29) is 11.1 Å². The topological polar surface area (TPSA) is 64.1 Å². The number of ether oxygens (including phenoxy) is 1. The molecule has 0 radical (unpaired) electrons. The molecule has 1 unspecified atom stereocenters. The van der Waals surface area contributed by atoms with Gasteiger partial charge in [-0.3, -0.25) is 14.8 Å².